The predicted octanol–water partition coefficient (Wildman–Crippen LogP) is 26.4. The van der Waals surface area contributed by atoms with E-state index in [0.29, 0.717) is 11.8 Å². The Labute approximate surface area is 624 Å². The van der Waals surface area contributed by atoms with E-state index in [1.54, 1.807) is 22.7 Å². The first-order valence-corrected chi connectivity index (χ1v) is 38.7. The highest BCUT2D eigenvalue weighted by Crippen LogP contribution is 2.53. The molecule has 0 unspecified atom stereocenters. The Hall–Kier alpha value is -14.1. The lowest BCUT2D eigenvalue weighted by Crippen LogP contribution is -2.06. The number of aromatic nitrogens is 9. The Bertz CT molecular complexity index is 8790. The number of para-hydroxylation sites is 5. The molecule has 0 fully saturated rings. The topological polar surface area (TPSA) is 75.2 Å². The molecule has 16 aromatic carbocycles. The molecule has 11 heteroatoms. The van der Waals surface area contributed by atoms with Crippen LogP contribution in [0.5, 0.6) is 0 Å². The summed E-state index contributed by atoms with van der Waals surface area (Å²) in [5, 5.41) is 26.2. The lowest BCUT2D eigenvalue weighted by Gasteiger charge is -2.13. The highest BCUT2D eigenvalue weighted by atomic mass is 32.1. The predicted molar refractivity (Wildman–Crippen MR) is 459 cm³/mol. The van der Waals surface area contributed by atoms with Crippen molar-refractivity contribution in [3.63, 3.8) is 0 Å². The van der Waals surface area contributed by atoms with Crippen molar-refractivity contribution < 1.29 is 0 Å². The van der Waals surface area contributed by atoms with Crippen molar-refractivity contribution in [3.8, 4) is 40.1 Å². The number of fused-ring (bicyclic) bond motifs is 34. The molecule has 0 N–H and O–H groups in total. The molecule has 0 saturated heterocycles. The van der Waals surface area contributed by atoms with Crippen molar-refractivity contribution in [3.05, 3.63) is 309 Å². The fourth-order valence-corrected chi connectivity index (χ4v) is 21.8. The highest BCUT2D eigenvalue weighted by molar-refractivity contribution is 7.26. The summed E-state index contributed by atoms with van der Waals surface area (Å²) in [6.45, 7) is 0. The number of benzene rings is 16. The number of rotatable bonds is 5. The molecule has 9 nitrogen and oxygen atoms in total. The van der Waals surface area contributed by atoms with E-state index >= 15 is 0 Å². The molecule has 0 bridgehead atoms. The summed E-state index contributed by atoms with van der Waals surface area (Å²) in [6.07, 6.45) is 0. The van der Waals surface area contributed by atoms with Crippen LogP contribution in [0.25, 0.3) is 255 Å². The van der Waals surface area contributed by atoms with Crippen LogP contribution in [0, 0.1) is 0 Å². The zero-order valence-electron chi connectivity index (χ0n) is 57.8. The molecule has 0 atom stereocenters. The molecule has 0 aliphatic carbocycles. The third kappa shape index (κ3) is 7.29. The molecular formula is C98H51N9S2. The first kappa shape index (κ1) is 57.2. The minimum Gasteiger partial charge on any atom is -0.308 e. The Balaban J connectivity index is 0.725. The Morgan fingerprint density at radius 3 is 1.28 bits per heavy atom. The van der Waals surface area contributed by atoms with E-state index in [0.717, 1.165) is 114 Å². The van der Waals surface area contributed by atoms with Crippen LogP contribution in [-0.2, 0) is 0 Å². The van der Waals surface area contributed by atoms with Crippen LogP contribution in [0.2, 0.25) is 0 Å². The van der Waals surface area contributed by atoms with E-state index in [2.05, 4.69) is 332 Å². The monoisotopic (exact) mass is 1420 g/mol. The minimum absolute atomic E-state index is 0.634. The fourth-order valence-electron chi connectivity index (χ4n) is 19.6. The first-order valence-electron chi connectivity index (χ1n) is 37.1. The number of hydrogen-bond donors (Lipinski definition) is 0. The number of thiophene rings is 2. The van der Waals surface area contributed by atoms with Gasteiger partial charge in [-0.1, -0.05) is 224 Å². The van der Waals surface area contributed by atoms with Gasteiger partial charge in [0.1, 0.15) is 0 Å². The van der Waals surface area contributed by atoms with Crippen LogP contribution in [0.15, 0.2) is 309 Å². The zero-order chi connectivity index (χ0) is 70.3. The summed E-state index contributed by atoms with van der Waals surface area (Å²) < 4.78 is 16.7. The second-order valence-corrected chi connectivity index (χ2v) is 31.6. The van der Waals surface area contributed by atoms with Gasteiger partial charge in [-0.25, -0.2) is 15.0 Å². The van der Waals surface area contributed by atoms with Crippen LogP contribution in [0.4, 0.5) is 0 Å². The minimum atomic E-state index is 0.634. The smallest absolute Gasteiger partial charge is 0.237 e. The lowest BCUT2D eigenvalue weighted by molar-refractivity contribution is 0.976. The third-order valence-corrected chi connectivity index (χ3v) is 26.4. The van der Waals surface area contributed by atoms with E-state index in [-0.39, 0.29) is 0 Å². The quantitative estimate of drug-likeness (QED) is 0.172. The maximum absolute atomic E-state index is 5.91. The molecule has 11 heterocycles. The number of nitrogens with zero attached hydrogens (tertiary/aromatic N) is 9. The van der Waals surface area contributed by atoms with Gasteiger partial charge in [-0.2, -0.15) is 4.98 Å². The SMILES string of the molecule is c1ccc2cc(-c3nc(-n4c5ccc6ccccc6c5c5c6c7ccccc7n7c8ccccc8c(cc54)c67)c4sc5ccc(-c6ccc7c8c9c%10c%11ccccc%11ccc%10n(-c%10nc(-n%11c%12ccccc%12c%12ccccc%12%11)nc%11c%10sc%10ccccc%10%11)c9cc9c%10ccccc%10n(c7c6)c98)cc5c4n3)ccc2c1. The van der Waals surface area contributed by atoms with Crippen molar-refractivity contribution in [1.29, 1.82) is 0 Å². The van der Waals surface area contributed by atoms with E-state index in [4.69, 9.17) is 19.9 Å². The molecule has 27 aromatic rings. The normalized spacial score (nSPS) is 12.8. The van der Waals surface area contributed by atoms with Crippen LogP contribution in [-0.4, -0.2) is 42.4 Å². The molecule has 109 heavy (non-hydrogen) atoms. The number of hydrogen-bond acceptors (Lipinski definition) is 6. The average Bonchev–Trinajstić information content (AvgIpc) is 1.51. The zero-order valence-corrected chi connectivity index (χ0v) is 59.4. The molecule has 0 amide bonds. The van der Waals surface area contributed by atoms with E-state index in [1.807, 2.05) is 0 Å². The maximum Gasteiger partial charge on any atom is 0.237 e. The molecule has 11 aromatic heterocycles. The van der Waals surface area contributed by atoms with E-state index in [9.17, 15) is 0 Å². The first-order chi connectivity index (χ1) is 54.1. The van der Waals surface area contributed by atoms with E-state index < -0.39 is 0 Å². The van der Waals surface area contributed by atoms with Crippen molar-refractivity contribution in [2.24, 2.45) is 0 Å². The van der Waals surface area contributed by atoms with Gasteiger partial charge in [-0.05, 0) is 128 Å². The van der Waals surface area contributed by atoms with Crippen molar-refractivity contribution >= 4 is 237 Å². The lowest BCUT2D eigenvalue weighted by atomic mass is 9.97. The van der Waals surface area contributed by atoms with Crippen molar-refractivity contribution in [2.75, 3.05) is 0 Å². The summed E-state index contributed by atoms with van der Waals surface area (Å²) in [7, 11) is 0. The molecule has 0 saturated carbocycles. The molecule has 0 aliphatic rings. The molecule has 0 spiro atoms. The van der Waals surface area contributed by atoms with Gasteiger partial charge in [0.2, 0.25) is 5.95 Å². The largest absolute Gasteiger partial charge is 0.308 e. The van der Waals surface area contributed by atoms with E-state index in [1.165, 1.54) is 129 Å². The van der Waals surface area contributed by atoms with Crippen molar-refractivity contribution in [1.82, 2.24) is 42.4 Å². The van der Waals surface area contributed by atoms with Crippen LogP contribution in [0.3, 0.4) is 0 Å². The molecule has 500 valence electrons. The summed E-state index contributed by atoms with van der Waals surface area (Å²) in [6, 6.07) is 114. The highest BCUT2D eigenvalue weighted by Gasteiger charge is 2.32. The van der Waals surface area contributed by atoms with Crippen molar-refractivity contribution in [2.45, 2.75) is 0 Å². The second-order valence-electron chi connectivity index (χ2n) is 29.5. The van der Waals surface area contributed by atoms with Gasteiger partial charge in [0, 0.05) is 101 Å². The molecule has 27 rings (SSSR count). The van der Waals surface area contributed by atoms with Crippen LogP contribution in [0.1, 0.15) is 0 Å². The fraction of sp³-hybridized carbons (Fsp3) is 0. The summed E-state index contributed by atoms with van der Waals surface area (Å²) in [5.41, 5.74) is 18.8. The van der Waals surface area contributed by atoms with Crippen LogP contribution >= 0.6 is 22.7 Å². The third-order valence-electron chi connectivity index (χ3n) is 24.1. The van der Waals surface area contributed by atoms with Gasteiger partial charge in [0.25, 0.3) is 0 Å². The summed E-state index contributed by atoms with van der Waals surface area (Å²) >= 11 is 3.56. The average molecular weight is 1420 g/mol. The second kappa shape index (κ2) is 20.5. The summed E-state index contributed by atoms with van der Waals surface area (Å²) in [4.78, 5) is 23.2. The summed E-state index contributed by atoms with van der Waals surface area (Å²) in [5.74, 6) is 3.03. The van der Waals surface area contributed by atoms with Gasteiger partial charge >= 0.3 is 0 Å². The Morgan fingerprint density at radius 2 is 0.661 bits per heavy atom. The Morgan fingerprint density at radius 1 is 0.220 bits per heavy atom. The van der Waals surface area contributed by atoms with Gasteiger partial charge < -0.3 is 8.80 Å². The van der Waals surface area contributed by atoms with Gasteiger partial charge in [-0.3, -0.25) is 13.7 Å². The maximum atomic E-state index is 5.91. The van der Waals surface area contributed by atoms with Gasteiger partial charge in [0.05, 0.1) is 86.6 Å². The van der Waals surface area contributed by atoms with Gasteiger partial charge in [-0.15, -0.1) is 22.7 Å². The van der Waals surface area contributed by atoms with Gasteiger partial charge in [0.15, 0.2) is 17.5 Å². The Kier molecular flexibility index (Phi) is 10.8. The molecule has 0 radical (unpaired) electrons. The molecule has 0 aliphatic heterocycles. The van der Waals surface area contributed by atoms with Crippen LogP contribution < -0.4 is 0 Å². The molecular weight excluding hydrogens is 1370 g/mol. The standard InChI is InChI=1S/C98H51N9S2/c1-2-22-55-47-58(38-37-52(55)19-1)95-99-90-70-48-56(42-46-82(70)109-94(90)96(101-95)105-76-44-40-53-20-3-5-23-59(53)83(76)87-79(105)50-68-63-27-9-13-31-71(63)103-75-35-17-11-29-65(75)85(87)91(68)103)57-39-43-66-78(49-57)104-72-32-14-10-28-64(72)69-51-80-88(86(66)92(69)104)84-60-24-6-4-21-54(60)41-45-77(84)106(80)97-93-89(67-30-12-18-36-81(67)108-93)100-98(102-97)107-73-33-15-7-25-61(73)62-26-8-16-34-74(62)107/h1-51H.